The number of hydrogen-bond donors (Lipinski definition) is 0. The number of hydrogen-bond acceptors (Lipinski definition) is 3. The van der Waals surface area contributed by atoms with Crippen molar-refractivity contribution in [2.75, 3.05) is 0 Å². The van der Waals surface area contributed by atoms with Gasteiger partial charge in [0.05, 0.1) is 17.2 Å². The molecular formula is C16H9F4N2O2-. The first-order valence-electron chi connectivity index (χ1n) is 6.78. The summed E-state index contributed by atoms with van der Waals surface area (Å²) in [5.74, 6) is -2.07. The molecule has 0 aliphatic heterocycles. The van der Waals surface area contributed by atoms with E-state index in [9.17, 15) is 27.5 Å². The molecular weight excluding hydrogens is 328 g/mol. The minimum absolute atomic E-state index is 0.0143. The largest absolute Gasteiger partial charge is 0.543 e. The number of carboxylic acids is 1. The predicted molar refractivity (Wildman–Crippen MR) is 74.6 cm³/mol. The van der Waals surface area contributed by atoms with Crippen LogP contribution in [0.2, 0.25) is 0 Å². The number of nitrogens with zero attached hydrogens (tertiary/aromatic N) is 2. The predicted octanol–water partition coefficient (Wildman–Crippen LogP) is 2.61. The lowest BCUT2D eigenvalue weighted by molar-refractivity contribution is -0.255. The lowest BCUT2D eigenvalue weighted by atomic mass is 10.2. The standard InChI is InChI=1S/C16H10F4N2O2/c17-12-3-1-2-9(4-12)8-22-13(15(23)24)6-10-5-11(16(18,19)20)7-21-14(10)22/h1-7H,8H2,(H,23,24)/p-1. The second kappa shape index (κ2) is 5.63. The van der Waals surface area contributed by atoms with Crippen molar-refractivity contribution in [3.63, 3.8) is 0 Å². The van der Waals surface area contributed by atoms with Crippen LogP contribution >= 0.6 is 0 Å². The van der Waals surface area contributed by atoms with Gasteiger partial charge in [-0.2, -0.15) is 13.2 Å². The van der Waals surface area contributed by atoms with Gasteiger partial charge in [-0.1, -0.05) is 12.1 Å². The van der Waals surface area contributed by atoms with Crippen LogP contribution in [-0.2, 0) is 12.7 Å². The number of alkyl halides is 3. The fraction of sp³-hybridized carbons (Fsp3) is 0.125. The van der Waals surface area contributed by atoms with Crippen molar-refractivity contribution in [1.82, 2.24) is 9.55 Å². The van der Waals surface area contributed by atoms with E-state index >= 15 is 0 Å². The van der Waals surface area contributed by atoms with E-state index in [0.29, 0.717) is 11.8 Å². The summed E-state index contributed by atoms with van der Waals surface area (Å²) in [7, 11) is 0. The Labute approximate surface area is 133 Å². The first-order valence-corrected chi connectivity index (χ1v) is 6.78. The molecule has 24 heavy (non-hydrogen) atoms. The number of pyridine rings is 1. The first kappa shape index (κ1) is 16.0. The molecule has 3 aromatic rings. The molecule has 0 aliphatic rings. The van der Waals surface area contributed by atoms with Gasteiger partial charge in [-0.25, -0.2) is 9.37 Å². The lowest BCUT2D eigenvalue weighted by Crippen LogP contribution is -2.25. The van der Waals surface area contributed by atoms with Crippen LogP contribution < -0.4 is 5.11 Å². The molecule has 1 aromatic carbocycles. The van der Waals surface area contributed by atoms with E-state index in [1.54, 1.807) is 6.07 Å². The van der Waals surface area contributed by atoms with Crippen LogP contribution in [-0.4, -0.2) is 15.5 Å². The van der Waals surface area contributed by atoms with Crippen LogP contribution in [0.1, 0.15) is 21.6 Å². The second-order valence-electron chi connectivity index (χ2n) is 5.17. The Bertz CT molecular complexity index is 931. The summed E-state index contributed by atoms with van der Waals surface area (Å²) < 4.78 is 52.7. The van der Waals surface area contributed by atoms with E-state index < -0.39 is 23.5 Å². The van der Waals surface area contributed by atoms with E-state index in [0.717, 1.165) is 12.1 Å². The van der Waals surface area contributed by atoms with Crippen molar-refractivity contribution >= 4 is 17.0 Å². The van der Waals surface area contributed by atoms with E-state index in [-0.39, 0.29) is 23.3 Å². The Kier molecular flexibility index (Phi) is 3.75. The minimum atomic E-state index is -4.59. The fourth-order valence-corrected chi connectivity index (χ4v) is 2.45. The van der Waals surface area contributed by atoms with Gasteiger partial charge < -0.3 is 14.5 Å². The van der Waals surface area contributed by atoms with Gasteiger partial charge >= 0.3 is 6.18 Å². The van der Waals surface area contributed by atoms with Crippen molar-refractivity contribution in [3.05, 3.63) is 65.2 Å². The number of carboxylic acid groups (broad SMARTS) is 1. The second-order valence-corrected chi connectivity index (χ2v) is 5.17. The van der Waals surface area contributed by atoms with Crippen molar-refractivity contribution in [1.29, 1.82) is 0 Å². The van der Waals surface area contributed by atoms with Crippen molar-refractivity contribution in [2.45, 2.75) is 12.7 Å². The molecule has 0 unspecified atom stereocenters. The van der Waals surface area contributed by atoms with Gasteiger partial charge in [0.15, 0.2) is 0 Å². The Morgan fingerprint density at radius 2 is 1.96 bits per heavy atom. The normalized spacial score (nSPS) is 11.8. The van der Waals surface area contributed by atoms with Gasteiger partial charge in [0.2, 0.25) is 0 Å². The molecule has 0 N–H and O–H groups in total. The fourth-order valence-electron chi connectivity index (χ4n) is 2.45. The molecule has 124 valence electrons. The highest BCUT2D eigenvalue weighted by atomic mass is 19.4. The molecule has 4 nitrogen and oxygen atoms in total. The Balaban J connectivity index is 2.14. The zero-order chi connectivity index (χ0) is 17.5. The molecule has 0 radical (unpaired) electrons. The number of benzene rings is 1. The van der Waals surface area contributed by atoms with Gasteiger partial charge in [0.25, 0.3) is 0 Å². The van der Waals surface area contributed by atoms with Crippen molar-refractivity contribution in [2.24, 2.45) is 0 Å². The number of halogens is 4. The summed E-state index contributed by atoms with van der Waals surface area (Å²) in [5.41, 5.74) is -0.827. The number of carbonyl (C=O) groups excluding carboxylic acids is 1. The minimum Gasteiger partial charge on any atom is -0.543 e. The molecule has 0 saturated carbocycles. The van der Waals surface area contributed by atoms with Crippen LogP contribution in [0.25, 0.3) is 11.0 Å². The van der Waals surface area contributed by atoms with Gasteiger partial charge in [-0.15, -0.1) is 0 Å². The van der Waals surface area contributed by atoms with E-state index in [1.807, 2.05) is 0 Å². The number of aromatic nitrogens is 2. The van der Waals surface area contributed by atoms with Crippen LogP contribution in [0.5, 0.6) is 0 Å². The van der Waals surface area contributed by atoms with E-state index in [4.69, 9.17) is 0 Å². The maximum Gasteiger partial charge on any atom is 0.417 e. The summed E-state index contributed by atoms with van der Waals surface area (Å²) in [6.45, 7) is -0.0665. The summed E-state index contributed by atoms with van der Waals surface area (Å²) in [6.07, 6.45) is -3.96. The van der Waals surface area contributed by atoms with E-state index in [1.165, 1.54) is 22.8 Å². The zero-order valence-corrected chi connectivity index (χ0v) is 12.0. The molecule has 0 amide bonds. The molecule has 0 saturated heterocycles. The highest BCUT2D eigenvalue weighted by Crippen LogP contribution is 2.31. The Hall–Kier alpha value is -2.90. The monoisotopic (exact) mass is 337 g/mol. The maximum atomic E-state index is 13.3. The molecule has 0 atom stereocenters. The third-order valence-corrected chi connectivity index (χ3v) is 3.50. The van der Waals surface area contributed by atoms with Gasteiger partial charge in [-0.05, 0) is 29.8 Å². The Morgan fingerprint density at radius 1 is 1.21 bits per heavy atom. The average Bonchev–Trinajstić information content (AvgIpc) is 2.85. The summed E-state index contributed by atoms with van der Waals surface area (Å²) >= 11 is 0. The van der Waals surface area contributed by atoms with Crippen molar-refractivity contribution < 1.29 is 27.5 Å². The first-order chi connectivity index (χ1) is 11.3. The van der Waals surface area contributed by atoms with Crippen LogP contribution in [0, 0.1) is 5.82 Å². The zero-order valence-electron chi connectivity index (χ0n) is 12.0. The smallest absolute Gasteiger partial charge is 0.417 e. The summed E-state index contributed by atoms with van der Waals surface area (Å²) in [6, 6.07) is 7.32. The van der Waals surface area contributed by atoms with Gasteiger partial charge in [0, 0.05) is 18.1 Å². The molecule has 2 aromatic heterocycles. The van der Waals surface area contributed by atoms with Gasteiger partial charge in [0.1, 0.15) is 11.5 Å². The number of carbonyl (C=O) groups is 1. The highest BCUT2D eigenvalue weighted by molar-refractivity contribution is 5.92. The van der Waals surface area contributed by atoms with Crippen LogP contribution in [0.4, 0.5) is 17.6 Å². The molecule has 8 heteroatoms. The topological polar surface area (TPSA) is 57.9 Å². The number of rotatable bonds is 3. The molecule has 0 aliphatic carbocycles. The number of fused-ring (bicyclic) bond motifs is 1. The number of aromatic carboxylic acids is 1. The maximum absolute atomic E-state index is 13.3. The third kappa shape index (κ3) is 2.94. The molecule has 0 fully saturated rings. The quantitative estimate of drug-likeness (QED) is 0.691. The van der Waals surface area contributed by atoms with Crippen LogP contribution in [0.15, 0.2) is 42.6 Å². The molecule has 3 rings (SSSR count). The average molecular weight is 337 g/mol. The Morgan fingerprint density at radius 3 is 2.58 bits per heavy atom. The molecule has 2 heterocycles. The summed E-state index contributed by atoms with van der Waals surface area (Å²) in [4.78, 5) is 15.0. The highest BCUT2D eigenvalue weighted by Gasteiger charge is 2.31. The molecule has 0 bridgehead atoms. The molecule has 0 spiro atoms. The lowest BCUT2D eigenvalue weighted by Gasteiger charge is -2.11. The third-order valence-electron chi connectivity index (χ3n) is 3.50. The summed E-state index contributed by atoms with van der Waals surface area (Å²) in [5, 5.41) is 11.3. The van der Waals surface area contributed by atoms with Crippen molar-refractivity contribution in [3.8, 4) is 0 Å². The van der Waals surface area contributed by atoms with E-state index in [2.05, 4.69) is 4.98 Å². The van der Waals surface area contributed by atoms with Gasteiger partial charge in [-0.3, -0.25) is 0 Å². The van der Waals surface area contributed by atoms with Crippen LogP contribution in [0.3, 0.4) is 0 Å². The SMILES string of the molecule is O=C([O-])c1cc2cc(C(F)(F)F)cnc2n1Cc1cccc(F)c1.